The molecule has 2 fully saturated rings. The third-order valence-corrected chi connectivity index (χ3v) is 5.51. The van der Waals surface area contributed by atoms with E-state index in [1.807, 2.05) is 18.2 Å². The molecule has 1 aromatic rings. The highest BCUT2D eigenvalue weighted by atomic mass is 35.5. The van der Waals surface area contributed by atoms with Gasteiger partial charge in [-0.05, 0) is 42.5 Å². The number of hydrogen-bond acceptors (Lipinski definition) is 2. The van der Waals surface area contributed by atoms with E-state index in [9.17, 15) is 0 Å². The Hall–Kier alpha value is -0.280. The van der Waals surface area contributed by atoms with Crippen LogP contribution >= 0.6 is 23.2 Å². The summed E-state index contributed by atoms with van der Waals surface area (Å²) in [5.74, 6) is 0.858. The number of benzene rings is 1. The molecule has 1 aliphatic heterocycles. The second-order valence-corrected chi connectivity index (χ2v) is 7.27. The quantitative estimate of drug-likeness (QED) is 0.888. The Labute approximate surface area is 137 Å². The Morgan fingerprint density at radius 3 is 2.76 bits per heavy atom. The molecule has 21 heavy (non-hydrogen) atoms. The number of hydrogen-bond donors (Lipinski definition) is 1. The van der Waals surface area contributed by atoms with Crippen molar-refractivity contribution in [2.45, 2.75) is 44.7 Å². The van der Waals surface area contributed by atoms with Gasteiger partial charge < -0.3 is 5.32 Å². The van der Waals surface area contributed by atoms with Crippen LogP contribution in [0.15, 0.2) is 18.2 Å². The van der Waals surface area contributed by atoms with Gasteiger partial charge in [0, 0.05) is 42.3 Å². The van der Waals surface area contributed by atoms with Gasteiger partial charge >= 0.3 is 0 Å². The van der Waals surface area contributed by atoms with Crippen molar-refractivity contribution in [1.29, 1.82) is 0 Å². The van der Waals surface area contributed by atoms with Crippen LogP contribution in [0.5, 0.6) is 0 Å². The first-order chi connectivity index (χ1) is 10.2. The summed E-state index contributed by atoms with van der Waals surface area (Å²) in [6, 6.07) is 6.41. The van der Waals surface area contributed by atoms with Gasteiger partial charge in [-0.3, -0.25) is 4.90 Å². The maximum absolute atomic E-state index is 6.30. The lowest BCUT2D eigenvalue weighted by Gasteiger charge is -2.39. The molecule has 1 N–H and O–H groups in total. The average Bonchev–Trinajstić information content (AvgIpc) is 2.52. The van der Waals surface area contributed by atoms with Gasteiger partial charge in [-0.1, -0.05) is 42.5 Å². The number of nitrogens with one attached hydrogen (secondary N) is 1. The van der Waals surface area contributed by atoms with Gasteiger partial charge in [0.2, 0.25) is 0 Å². The van der Waals surface area contributed by atoms with E-state index in [0.29, 0.717) is 6.04 Å². The summed E-state index contributed by atoms with van der Waals surface area (Å²) >= 11 is 12.4. The standard InChI is InChI=1S/C17H24Cl2N2/c18-15-6-7-16(19)14(10-15)11-21-9-8-20-17(12-21)13-4-2-1-3-5-13/h6-7,10,13,17,20H,1-5,8-9,11-12H2. The number of halogens is 2. The predicted molar refractivity (Wildman–Crippen MR) is 90.1 cm³/mol. The van der Waals surface area contributed by atoms with E-state index >= 15 is 0 Å². The minimum Gasteiger partial charge on any atom is -0.311 e. The molecule has 116 valence electrons. The van der Waals surface area contributed by atoms with Crippen molar-refractivity contribution in [3.05, 3.63) is 33.8 Å². The fourth-order valence-corrected chi connectivity index (χ4v) is 4.12. The maximum atomic E-state index is 6.30. The zero-order valence-corrected chi connectivity index (χ0v) is 14.0. The molecule has 0 aromatic heterocycles. The molecule has 1 atom stereocenters. The highest BCUT2D eigenvalue weighted by Gasteiger charge is 2.28. The van der Waals surface area contributed by atoms with Crippen molar-refractivity contribution >= 4 is 23.2 Å². The first kappa shape index (κ1) is 15.6. The van der Waals surface area contributed by atoms with Crippen LogP contribution in [0.3, 0.4) is 0 Å². The van der Waals surface area contributed by atoms with E-state index in [1.165, 1.54) is 32.1 Å². The van der Waals surface area contributed by atoms with Gasteiger partial charge in [0.05, 0.1) is 0 Å². The second-order valence-electron chi connectivity index (χ2n) is 6.43. The molecule has 2 nitrogen and oxygen atoms in total. The Bertz CT molecular complexity index is 472. The van der Waals surface area contributed by atoms with Crippen LogP contribution in [0.25, 0.3) is 0 Å². The summed E-state index contributed by atoms with van der Waals surface area (Å²) in [7, 11) is 0. The van der Waals surface area contributed by atoms with Gasteiger partial charge in [-0.2, -0.15) is 0 Å². The molecule has 1 unspecified atom stereocenters. The lowest BCUT2D eigenvalue weighted by molar-refractivity contribution is 0.141. The molecule has 0 spiro atoms. The molecule has 0 amide bonds. The van der Waals surface area contributed by atoms with Gasteiger partial charge in [0.15, 0.2) is 0 Å². The van der Waals surface area contributed by atoms with E-state index in [-0.39, 0.29) is 0 Å². The Balaban J connectivity index is 1.61. The number of nitrogens with zero attached hydrogens (tertiary/aromatic N) is 1. The fraction of sp³-hybridized carbons (Fsp3) is 0.647. The molecular weight excluding hydrogens is 303 g/mol. The van der Waals surface area contributed by atoms with Crippen LogP contribution in [0.4, 0.5) is 0 Å². The van der Waals surface area contributed by atoms with Gasteiger partial charge in [-0.25, -0.2) is 0 Å². The van der Waals surface area contributed by atoms with E-state index in [2.05, 4.69) is 10.2 Å². The molecule has 3 rings (SSSR count). The first-order valence-corrected chi connectivity index (χ1v) is 8.87. The van der Waals surface area contributed by atoms with Crippen molar-refractivity contribution in [3.63, 3.8) is 0 Å². The highest BCUT2D eigenvalue weighted by molar-refractivity contribution is 6.33. The van der Waals surface area contributed by atoms with Crippen LogP contribution in [-0.2, 0) is 6.54 Å². The normalized spacial score (nSPS) is 25.1. The second kappa shape index (κ2) is 7.32. The van der Waals surface area contributed by atoms with Gasteiger partial charge in [0.1, 0.15) is 0 Å². The molecule has 1 aliphatic carbocycles. The summed E-state index contributed by atoms with van der Waals surface area (Å²) in [5.41, 5.74) is 1.15. The molecule has 1 saturated carbocycles. The SMILES string of the molecule is Clc1ccc(Cl)c(CN2CCNC(C3CCCCC3)C2)c1. The molecule has 1 saturated heterocycles. The van der Waals surface area contributed by atoms with E-state index in [0.717, 1.165) is 47.7 Å². The molecule has 0 radical (unpaired) electrons. The molecule has 1 aromatic carbocycles. The van der Waals surface area contributed by atoms with Crippen molar-refractivity contribution in [1.82, 2.24) is 10.2 Å². The van der Waals surface area contributed by atoms with Crippen LogP contribution in [0, 0.1) is 5.92 Å². The molecule has 2 aliphatic rings. The van der Waals surface area contributed by atoms with Crippen LogP contribution in [0.1, 0.15) is 37.7 Å². The molecule has 1 heterocycles. The van der Waals surface area contributed by atoms with E-state index < -0.39 is 0 Å². The van der Waals surface area contributed by atoms with Gasteiger partial charge in [-0.15, -0.1) is 0 Å². The zero-order chi connectivity index (χ0) is 14.7. The summed E-state index contributed by atoms with van der Waals surface area (Å²) in [6.45, 7) is 4.21. The minimum absolute atomic E-state index is 0.650. The Kier molecular flexibility index (Phi) is 5.44. The third kappa shape index (κ3) is 4.13. The van der Waals surface area contributed by atoms with Gasteiger partial charge in [0.25, 0.3) is 0 Å². The summed E-state index contributed by atoms with van der Waals surface area (Å²) < 4.78 is 0. The van der Waals surface area contributed by atoms with Crippen molar-refractivity contribution < 1.29 is 0 Å². The largest absolute Gasteiger partial charge is 0.311 e. The topological polar surface area (TPSA) is 15.3 Å². The van der Waals surface area contributed by atoms with Crippen molar-refractivity contribution in [3.8, 4) is 0 Å². The average molecular weight is 327 g/mol. The molecule has 4 heteroatoms. The summed E-state index contributed by atoms with van der Waals surface area (Å²) in [5, 5.41) is 5.33. The summed E-state index contributed by atoms with van der Waals surface area (Å²) in [4.78, 5) is 2.52. The third-order valence-electron chi connectivity index (χ3n) is 4.91. The highest BCUT2D eigenvalue weighted by Crippen LogP contribution is 2.28. The first-order valence-electron chi connectivity index (χ1n) is 8.12. The van der Waals surface area contributed by atoms with Crippen molar-refractivity contribution in [2.75, 3.05) is 19.6 Å². The Morgan fingerprint density at radius 2 is 1.95 bits per heavy atom. The monoisotopic (exact) mass is 326 g/mol. The lowest BCUT2D eigenvalue weighted by Crippen LogP contribution is -2.53. The lowest BCUT2D eigenvalue weighted by atomic mass is 9.83. The molecule has 0 bridgehead atoms. The zero-order valence-electron chi connectivity index (χ0n) is 12.5. The van der Waals surface area contributed by atoms with Crippen LogP contribution < -0.4 is 5.32 Å². The van der Waals surface area contributed by atoms with Crippen molar-refractivity contribution in [2.24, 2.45) is 5.92 Å². The fourth-order valence-electron chi connectivity index (χ4n) is 3.74. The van der Waals surface area contributed by atoms with E-state index in [4.69, 9.17) is 23.2 Å². The van der Waals surface area contributed by atoms with E-state index in [1.54, 1.807) is 0 Å². The predicted octanol–water partition coefficient (Wildman–Crippen LogP) is 4.35. The number of rotatable bonds is 3. The smallest absolute Gasteiger partial charge is 0.0452 e. The number of piperazine rings is 1. The maximum Gasteiger partial charge on any atom is 0.0452 e. The van der Waals surface area contributed by atoms with Crippen LogP contribution in [-0.4, -0.2) is 30.6 Å². The Morgan fingerprint density at radius 1 is 1.14 bits per heavy atom. The van der Waals surface area contributed by atoms with Crippen LogP contribution in [0.2, 0.25) is 10.0 Å². The molecular formula is C17H24Cl2N2. The summed E-state index contributed by atoms with van der Waals surface area (Å²) in [6.07, 6.45) is 7.02. The minimum atomic E-state index is 0.650.